The lowest BCUT2D eigenvalue weighted by molar-refractivity contribution is 0.328. The van der Waals surface area contributed by atoms with Crippen LogP contribution in [0.2, 0.25) is 0 Å². The third kappa shape index (κ3) is 3.69. The lowest BCUT2D eigenvalue weighted by Crippen LogP contribution is -2.19. The van der Waals surface area contributed by atoms with Crippen LogP contribution in [0.3, 0.4) is 0 Å². The predicted octanol–water partition coefficient (Wildman–Crippen LogP) is 3.55. The molecule has 0 heterocycles. The molecule has 1 aromatic rings. The van der Waals surface area contributed by atoms with Gasteiger partial charge in [0.2, 0.25) is 0 Å². The molecule has 0 bridgehead atoms. The average molecular weight is 244 g/mol. The molecule has 0 saturated heterocycles. The molecule has 0 saturated carbocycles. The summed E-state index contributed by atoms with van der Waals surface area (Å²) in [4.78, 5) is 0. The fraction of sp³-hybridized carbons (Fsp3) is 0.538. The van der Waals surface area contributed by atoms with E-state index in [-0.39, 0.29) is 18.4 Å². The van der Waals surface area contributed by atoms with Crippen LogP contribution in [0.15, 0.2) is 24.3 Å². The minimum absolute atomic E-state index is 0. The predicted molar refractivity (Wildman–Crippen MR) is 71.2 cm³/mol. The fourth-order valence-electron chi connectivity index (χ4n) is 1.60. The molecular weight excluding hydrogens is 222 g/mol. The molecule has 0 aromatic heterocycles. The van der Waals surface area contributed by atoms with Crippen molar-refractivity contribution in [1.82, 2.24) is 0 Å². The van der Waals surface area contributed by atoms with Gasteiger partial charge in [0, 0.05) is 11.6 Å². The summed E-state index contributed by atoms with van der Waals surface area (Å²) in [5.74, 6) is 1.40. The summed E-state index contributed by atoms with van der Waals surface area (Å²) in [6, 6.07) is 8.11. The maximum atomic E-state index is 6.20. The zero-order valence-electron chi connectivity index (χ0n) is 10.3. The number of hydrogen-bond donors (Lipinski definition) is 1. The molecule has 0 spiro atoms. The summed E-state index contributed by atoms with van der Waals surface area (Å²) in [5.41, 5.74) is 7.32. The van der Waals surface area contributed by atoms with Crippen LogP contribution in [0.1, 0.15) is 38.8 Å². The standard InChI is InChI=1S/C13H21NO.ClH/c1-4-10(3)13(14)11-8-6-7-9-12(11)15-5-2;/h6-10,13H,4-5,14H2,1-3H3;1H/t10?,13-;/m1./s1. The maximum absolute atomic E-state index is 6.20. The first kappa shape index (κ1) is 15.3. The number of halogens is 1. The van der Waals surface area contributed by atoms with Crippen molar-refractivity contribution in [3.05, 3.63) is 29.8 Å². The number of hydrogen-bond acceptors (Lipinski definition) is 2. The van der Waals surface area contributed by atoms with Gasteiger partial charge >= 0.3 is 0 Å². The molecule has 2 atom stereocenters. The summed E-state index contributed by atoms with van der Waals surface area (Å²) in [5, 5.41) is 0. The Morgan fingerprint density at radius 2 is 1.88 bits per heavy atom. The Balaban J connectivity index is 0.00000225. The molecule has 16 heavy (non-hydrogen) atoms. The SMILES string of the molecule is CCOc1ccccc1[C@H](N)C(C)CC.Cl. The Kier molecular flexibility index (Phi) is 7.18. The van der Waals surface area contributed by atoms with Crippen molar-refractivity contribution in [3.63, 3.8) is 0 Å². The second-order valence-corrected chi connectivity index (χ2v) is 3.88. The highest BCUT2D eigenvalue weighted by molar-refractivity contribution is 5.85. The molecule has 1 rings (SSSR count). The van der Waals surface area contributed by atoms with Crippen LogP contribution in [-0.4, -0.2) is 6.61 Å². The van der Waals surface area contributed by atoms with E-state index in [1.807, 2.05) is 25.1 Å². The van der Waals surface area contributed by atoms with Gasteiger partial charge in [0.1, 0.15) is 5.75 Å². The number of nitrogens with two attached hydrogens (primary N) is 1. The molecule has 0 fully saturated rings. The van der Waals surface area contributed by atoms with Crippen molar-refractivity contribution in [2.24, 2.45) is 11.7 Å². The number of rotatable bonds is 5. The van der Waals surface area contributed by atoms with Crippen LogP contribution in [-0.2, 0) is 0 Å². The zero-order chi connectivity index (χ0) is 11.3. The van der Waals surface area contributed by atoms with E-state index in [2.05, 4.69) is 19.9 Å². The molecule has 0 radical (unpaired) electrons. The van der Waals surface area contributed by atoms with E-state index in [4.69, 9.17) is 10.5 Å². The van der Waals surface area contributed by atoms with E-state index in [9.17, 15) is 0 Å². The molecule has 3 heteroatoms. The Bertz CT molecular complexity index is 304. The van der Waals surface area contributed by atoms with Gasteiger partial charge < -0.3 is 10.5 Å². The summed E-state index contributed by atoms with van der Waals surface area (Å²) < 4.78 is 5.57. The highest BCUT2D eigenvalue weighted by Crippen LogP contribution is 2.29. The highest BCUT2D eigenvalue weighted by Gasteiger charge is 2.16. The van der Waals surface area contributed by atoms with Crippen LogP contribution in [0.25, 0.3) is 0 Å². The molecule has 0 aliphatic carbocycles. The minimum atomic E-state index is 0. The normalized spacial score (nSPS) is 13.8. The smallest absolute Gasteiger partial charge is 0.124 e. The largest absolute Gasteiger partial charge is 0.494 e. The van der Waals surface area contributed by atoms with Crippen molar-refractivity contribution in [3.8, 4) is 5.75 Å². The fourth-order valence-corrected chi connectivity index (χ4v) is 1.60. The van der Waals surface area contributed by atoms with E-state index in [1.165, 1.54) is 0 Å². The van der Waals surface area contributed by atoms with Gasteiger partial charge in [-0.3, -0.25) is 0 Å². The monoisotopic (exact) mass is 243 g/mol. The molecule has 2 nitrogen and oxygen atoms in total. The van der Waals surface area contributed by atoms with Crippen LogP contribution in [0.4, 0.5) is 0 Å². The second-order valence-electron chi connectivity index (χ2n) is 3.88. The first-order valence-electron chi connectivity index (χ1n) is 5.68. The molecule has 1 aromatic carbocycles. The molecule has 1 unspecified atom stereocenters. The number of ether oxygens (including phenoxy) is 1. The molecule has 2 N–H and O–H groups in total. The van der Waals surface area contributed by atoms with Gasteiger partial charge in [-0.2, -0.15) is 0 Å². The van der Waals surface area contributed by atoms with Gasteiger partial charge in [-0.15, -0.1) is 12.4 Å². The first-order valence-corrected chi connectivity index (χ1v) is 5.68. The van der Waals surface area contributed by atoms with E-state index in [0.29, 0.717) is 12.5 Å². The van der Waals surface area contributed by atoms with Gasteiger partial charge in [-0.05, 0) is 18.9 Å². The van der Waals surface area contributed by atoms with Crippen LogP contribution in [0, 0.1) is 5.92 Å². The van der Waals surface area contributed by atoms with Crippen molar-refractivity contribution < 1.29 is 4.74 Å². The van der Waals surface area contributed by atoms with Crippen LogP contribution >= 0.6 is 12.4 Å². The third-order valence-electron chi connectivity index (χ3n) is 2.83. The maximum Gasteiger partial charge on any atom is 0.124 e. The number of para-hydroxylation sites is 1. The molecule has 0 aliphatic heterocycles. The summed E-state index contributed by atoms with van der Waals surface area (Å²) in [7, 11) is 0. The minimum Gasteiger partial charge on any atom is -0.494 e. The van der Waals surface area contributed by atoms with Gasteiger partial charge in [-0.1, -0.05) is 38.5 Å². The topological polar surface area (TPSA) is 35.2 Å². The Hall–Kier alpha value is -0.730. The first-order chi connectivity index (χ1) is 7.20. The molecule has 92 valence electrons. The van der Waals surface area contributed by atoms with Gasteiger partial charge in [0.25, 0.3) is 0 Å². The van der Waals surface area contributed by atoms with Gasteiger partial charge in [0.05, 0.1) is 6.61 Å². The third-order valence-corrected chi connectivity index (χ3v) is 2.83. The lowest BCUT2D eigenvalue weighted by atomic mass is 9.93. The van der Waals surface area contributed by atoms with Gasteiger partial charge in [-0.25, -0.2) is 0 Å². The number of benzene rings is 1. The molecule has 0 aliphatic rings. The zero-order valence-corrected chi connectivity index (χ0v) is 11.1. The average Bonchev–Trinajstić information content (AvgIpc) is 2.28. The van der Waals surface area contributed by atoms with Crippen molar-refractivity contribution >= 4 is 12.4 Å². The Morgan fingerprint density at radius 3 is 2.44 bits per heavy atom. The lowest BCUT2D eigenvalue weighted by Gasteiger charge is -2.21. The van der Waals surface area contributed by atoms with E-state index >= 15 is 0 Å². The second kappa shape index (κ2) is 7.53. The molecule has 0 amide bonds. The van der Waals surface area contributed by atoms with Crippen molar-refractivity contribution in [2.75, 3.05) is 6.61 Å². The van der Waals surface area contributed by atoms with Crippen molar-refractivity contribution in [1.29, 1.82) is 0 Å². The highest BCUT2D eigenvalue weighted by atomic mass is 35.5. The van der Waals surface area contributed by atoms with Crippen LogP contribution in [0.5, 0.6) is 5.75 Å². The quantitative estimate of drug-likeness (QED) is 0.859. The Labute approximate surface area is 105 Å². The molecular formula is C13H22ClNO. The summed E-state index contributed by atoms with van der Waals surface area (Å²) in [6.07, 6.45) is 1.08. The van der Waals surface area contributed by atoms with E-state index in [0.717, 1.165) is 17.7 Å². The Morgan fingerprint density at radius 1 is 1.25 bits per heavy atom. The van der Waals surface area contributed by atoms with E-state index in [1.54, 1.807) is 0 Å². The van der Waals surface area contributed by atoms with Crippen LogP contribution < -0.4 is 10.5 Å². The van der Waals surface area contributed by atoms with Crippen molar-refractivity contribution in [2.45, 2.75) is 33.2 Å². The summed E-state index contributed by atoms with van der Waals surface area (Å²) in [6.45, 7) is 7.01. The summed E-state index contributed by atoms with van der Waals surface area (Å²) >= 11 is 0. The van der Waals surface area contributed by atoms with E-state index < -0.39 is 0 Å². The van der Waals surface area contributed by atoms with Gasteiger partial charge in [0.15, 0.2) is 0 Å².